The Hall–Kier alpha value is 0.317. The first-order valence-electron chi connectivity index (χ1n) is 5.64. The molecule has 0 saturated heterocycles. The summed E-state index contributed by atoms with van der Waals surface area (Å²) in [5.74, 6) is 0. The number of allylic oxidation sites excluding steroid dienone is 2. The third-order valence-electron chi connectivity index (χ3n) is 3.08. The van der Waals surface area contributed by atoms with Gasteiger partial charge >= 0.3 is 0 Å². The van der Waals surface area contributed by atoms with E-state index in [1.54, 1.807) is 6.08 Å². The number of hydrogen-bond acceptors (Lipinski definition) is 2. The van der Waals surface area contributed by atoms with Crippen LogP contribution in [-0.4, -0.2) is 21.2 Å². The van der Waals surface area contributed by atoms with E-state index in [-0.39, 0.29) is 5.04 Å². The summed E-state index contributed by atoms with van der Waals surface area (Å²) in [5.41, 5.74) is 0. The molecular formula is C12H23IO2Si. The van der Waals surface area contributed by atoms with Gasteiger partial charge in [0.05, 0.1) is 0 Å². The molecule has 0 heterocycles. The first-order chi connectivity index (χ1) is 7.20. The predicted octanol–water partition coefficient (Wildman–Crippen LogP) is 4.31. The Morgan fingerprint density at radius 3 is 2.38 bits per heavy atom. The molecule has 0 aliphatic carbocycles. The molecule has 0 unspecified atom stereocenters. The summed E-state index contributed by atoms with van der Waals surface area (Å²) in [5, 5.41) is 0.277. The van der Waals surface area contributed by atoms with Gasteiger partial charge in [-0.1, -0.05) is 20.8 Å². The first-order valence-corrected chi connectivity index (χ1v) is 9.63. The van der Waals surface area contributed by atoms with Crippen molar-refractivity contribution in [2.24, 2.45) is 0 Å². The van der Waals surface area contributed by atoms with Crippen molar-refractivity contribution in [3.63, 3.8) is 0 Å². The molecule has 0 aromatic heterocycles. The van der Waals surface area contributed by atoms with Crippen LogP contribution in [0.1, 0.15) is 33.6 Å². The van der Waals surface area contributed by atoms with E-state index < -0.39 is 8.32 Å². The van der Waals surface area contributed by atoms with Crippen LogP contribution in [0.15, 0.2) is 9.66 Å². The van der Waals surface area contributed by atoms with Gasteiger partial charge in [-0.3, -0.25) is 4.79 Å². The molecule has 0 aliphatic rings. The maximum atomic E-state index is 10.2. The number of aldehydes is 1. The quantitative estimate of drug-likeness (QED) is 0.234. The SMILES string of the molecule is CC(C)(C)[Si](C)(C)OCCC/C(I)=C/C=O. The van der Waals surface area contributed by atoms with E-state index in [1.165, 1.54) is 0 Å². The molecule has 0 aromatic carbocycles. The van der Waals surface area contributed by atoms with Crippen LogP contribution in [0.5, 0.6) is 0 Å². The maximum Gasteiger partial charge on any atom is 0.191 e. The molecule has 0 fully saturated rings. The van der Waals surface area contributed by atoms with Gasteiger partial charge in [0.2, 0.25) is 0 Å². The van der Waals surface area contributed by atoms with Crippen molar-refractivity contribution in [3.8, 4) is 0 Å². The topological polar surface area (TPSA) is 26.3 Å². The lowest BCUT2D eigenvalue weighted by Crippen LogP contribution is -2.40. The maximum absolute atomic E-state index is 10.2. The number of halogens is 1. The zero-order chi connectivity index (χ0) is 12.8. The Labute approximate surface area is 114 Å². The Kier molecular flexibility index (Phi) is 7.05. The van der Waals surface area contributed by atoms with E-state index in [1.807, 2.05) is 0 Å². The molecule has 94 valence electrons. The molecule has 0 bridgehead atoms. The van der Waals surface area contributed by atoms with Gasteiger partial charge in [0.1, 0.15) is 6.29 Å². The van der Waals surface area contributed by atoms with Gasteiger partial charge in [0.15, 0.2) is 8.32 Å². The molecule has 16 heavy (non-hydrogen) atoms. The standard InChI is InChI=1S/C12H23IO2Si/c1-12(2,3)16(4,5)15-10-6-7-11(13)8-9-14/h8-9H,6-7,10H2,1-5H3/b11-8-. The molecule has 2 nitrogen and oxygen atoms in total. The van der Waals surface area contributed by atoms with Crippen LogP contribution in [0.4, 0.5) is 0 Å². The number of hydrogen-bond donors (Lipinski definition) is 0. The van der Waals surface area contributed by atoms with Gasteiger partial charge in [-0.2, -0.15) is 0 Å². The minimum absolute atomic E-state index is 0.277. The van der Waals surface area contributed by atoms with Crippen molar-refractivity contribution in [2.45, 2.75) is 51.7 Å². The molecule has 0 radical (unpaired) electrons. The second-order valence-electron chi connectivity index (χ2n) is 5.46. The van der Waals surface area contributed by atoms with Gasteiger partial charge in [-0.15, -0.1) is 0 Å². The van der Waals surface area contributed by atoms with Crippen molar-refractivity contribution in [3.05, 3.63) is 9.66 Å². The highest BCUT2D eigenvalue weighted by Crippen LogP contribution is 2.36. The number of carbonyl (C=O) groups is 1. The van der Waals surface area contributed by atoms with Crippen LogP contribution in [0.25, 0.3) is 0 Å². The van der Waals surface area contributed by atoms with Crippen LogP contribution in [0.2, 0.25) is 18.1 Å². The lowest BCUT2D eigenvalue weighted by Gasteiger charge is -2.36. The highest BCUT2D eigenvalue weighted by molar-refractivity contribution is 14.1. The van der Waals surface area contributed by atoms with Gasteiger partial charge in [-0.25, -0.2) is 0 Å². The van der Waals surface area contributed by atoms with Crippen molar-refractivity contribution >= 4 is 37.2 Å². The first kappa shape index (κ1) is 16.3. The average molecular weight is 354 g/mol. The van der Waals surface area contributed by atoms with Crippen LogP contribution >= 0.6 is 22.6 Å². The van der Waals surface area contributed by atoms with Gasteiger partial charge < -0.3 is 4.43 Å². The summed E-state index contributed by atoms with van der Waals surface area (Å²) in [4.78, 5) is 10.2. The third-order valence-corrected chi connectivity index (χ3v) is 8.52. The molecule has 0 rings (SSSR count). The largest absolute Gasteiger partial charge is 0.417 e. The highest BCUT2D eigenvalue weighted by atomic mass is 127. The zero-order valence-electron chi connectivity index (χ0n) is 11.0. The van der Waals surface area contributed by atoms with E-state index in [0.29, 0.717) is 0 Å². The Morgan fingerprint density at radius 1 is 1.38 bits per heavy atom. The number of carbonyl (C=O) groups excluding carboxylic acids is 1. The predicted molar refractivity (Wildman–Crippen MR) is 80.6 cm³/mol. The monoisotopic (exact) mass is 354 g/mol. The average Bonchev–Trinajstić information content (AvgIpc) is 2.11. The molecular weight excluding hydrogens is 331 g/mol. The summed E-state index contributed by atoms with van der Waals surface area (Å²) in [6.45, 7) is 12.1. The molecule has 0 aromatic rings. The van der Waals surface area contributed by atoms with Crippen LogP contribution in [0.3, 0.4) is 0 Å². The van der Waals surface area contributed by atoms with E-state index >= 15 is 0 Å². The van der Waals surface area contributed by atoms with E-state index in [4.69, 9.17) is 4.43 Å². The van der Waals surface area contributed by atoms with Crippen molar-refractivity contribution in [1.29, 1.82) is 0 Å². The fourth-order valence-electron chi connectivity index (χ4n) is 0.942. The summed E-state index contributed by atoms with van der Waals surface area (Å²) in [6.07, 6.45) is 4.40. The van der Waals surface area contributed by atoms with Crippen molar-refractivity contribution in [2.75, 3.05) is 6.61 Å². The summed E-state index contributed by atoms with van der Waals surface area (Å²) >= 11 is 2.20. The molecule has 0 spiro atoms. The Morgan fingerprint density at radius 2 is 1.94 bits per heavy atom. The Balaban J connectivity index is 3.91. The summed E-state index contributed by atoms with van der Waals surface area (Å²) < 4.78 is 7.15. The van der Waals surface area contributed by atoms with Gasteiger partial charge in [0, 0.05) is 6.61 Å². The minimum atomic E-state index is -1.59. The second-order valence-corrected chi connectivity index (χ2v) is 11.7. The van der Waals surface area contributed by atoms with E-state index in [9.17, 15) is 4.79 Å². The minimum Gasteiger partial charge on any atom is -0.417 e. The van der Waals surface area contributed by atoms with Crippen LogP contribution < -0.4 is 0 Å². The lowest BCUT2D eigenvalue weighted by atomic mass is 10.2. The second kappa shape index (κ2) is 6.91. The van der Waals surface area contributed by atoms with E-state index in [2.05, 4.69) is 56.5 Å². The molecule has 0 N–H and O–H groups in total. The number of rotatable bonds is 6. The lowest BCUT2D eigenvalue weighted by molar-refractivity contribution is -0.104. The molecule has 0 atom stereocenters. The fraction of sp³-hybridized carbons (Fsp3) is 0.750. The fourth-order valence-corrected chi connectivity index (χ4v) is 2.56. The van der Waals surface area contributed by atoms with Crippen molar-refractivity contribution < 1.29 is 9.22 Å². The molecule has 0 aliphatic heterocycles. The molecule has 0 saturated carbocycles. The van der Waals surface area contributed by atoms with E-state index in [0.717, 1.165) is 29.3 Å². The normalized spacial score (nSPS) is 14.0. The van der Waals surface area contributed by atoms with Crippen LogP contribution in [0, 0.1) is 0 Å². The Bertz CT molecular complexity index is 254. The van der Waals surface area contributed by atoms with Crippen molar-refractivity contribution in [1.82, 2.24) is 0 Å². The molecule has 4 heteroatoms. The summed E-state index contributed by atoms with van der Waals surface area (Å²) in [6, 6.07) is 0. The summed E-state index contributed by atoms with van der Waals surface area (Å²) in [7, 11) is -1.59. The third kappa shape index (κ3) is 6.15. The zero-order valence-corrected chi connectivity index (χ0v) is 14.1. The molecule has 0 amide bonds. The highest BCUT2D eigenvalue weighted by Gasteiger charge is 2.36. The van der Waals surface area contributed by atoms with Gasteiger partial charge in [-0.05, 0) is 63.2 Å². The van der Waals surface area contributed by atoms with Gasteiger partial charge in [0.25, 0.3) is 0 Å². The smallest absolute Gasteiger partial charge is 0.191 e. The van der Waals surface area contributed by atoms with Crippen LogP contribution in [-0.2, 0) is 9.22 Å².